The van der Waals surface area contributed by atoms with Crippen molar-refractivity contribution < 1.29 is 9.53 Å². The minimum absolute atomic E-state index is 0.192. The number of nitrogens with zero attached hydrogens (tertiary/aromatic N) is 2. The van der Waals surface area contributed by atoms with E-state index >= 15 is 0 Å². The maximum atomic E-state index is 12.2. The average molecular weight is 306 g/mol. The number of rotatable bonds is 4. The van der Waals surface area contributed by atoms with Gasteiger partial charge in [-0.15, -0.1) is 11.3 Å². The van der Waals surface area contributed by atoms with Crippen LogP contribution in [0.5, 0.6) is 0 Å². The molecule has 1 amide bonds. The van der Waals surface area contributed by atoms with Crippen LogP contribution in [0.2, 0.25) is 0 Å². The smallest absolute Gasteiger partial charge is 0.248 e. The third-order valence-corrected chi connectivity index (χ3v) is 5.77. The van der Waals surface area contributed by atoms with E-state index in [1.165, 1.54) is 22.6 Å². The van der Waals surface area contributed by atoms with Crippen LogP contribution in [0.4, 0.5) is 0 Å². The molecule has 21 heavy (non-hydrogen) atoms. The molecule has 0 bridgehead atoms. The zero-order valence-corrected chi connectivity index (χ0v) is 13.3. The molecule has 2 aliphatic heterocycles. The van der Waals surface area contributed by atoms with E-state index in [9.17, 15) is 4.79 Å². The first-order valence-corrected chi connectivity index (χ1v) is 8.69. The van der Waals surface area contributed by atoms with Crippen molar-refractivity contribution in [3.63, 3.8) is 0 Å². The molecule has 1 aliphatic carbocycles. The normalized spacial score (nSPS) is 30.0. The quantitative estimate of drug-likeness (QED) is 0.851. The zero-order chi connectivity index (χ0) is 14.4. The SMILES string of the molecule is Cc1ccc(CN2C[C@@H]3OCC(=O)N(CC4CC4)[C@H]3C2)s1. The molecule has 3 heterocycles. The van der Waals surface area contributed by atoms with Crippen molar-refractivity contribution in [1.82, 2.24) is 9.80 Å². The van der Waals surface area contributed by atoms with E-state index in [1.54, 1.807) is 0 Å². The van der Waals surface area contributed by atoms with Crippen LogP contribution in [0.25, 0.3) is 0 Å². The number of carbonyl (C=O) groups excluding carboxylic acids is 1. The first kappa shape index (κ1) is 13.7. The van der Waals surface area contributed by atoms with E-state index in [0.29, 0.717) is 0 Å². The van der Waals surface area contributed by atoms with Gasteiger partial charge in [0.25, 0.3) is 0 Å². The third kappa shape index (κ3) is 2.87. The molecule has 1 aromatic heterocycles. The lowest BCUT2D eigenvalue weighted by atomic mass is 10.1. The molecule has 114 valence electrons. The van der Waals surface area contributed by atoms with E-state index in [1.807, 2.05) is 11.3 Å². The molecular weight excluding hydrogens is 284 g/mol. The minimum Gasteiger partial charge on any atom is -0.365 e. The van der Waals surface area contributed by atoms with Crippen molar-refractivity contribution in [2.24, 2.45) is 5.92 Å². The molecular formula is C16H22N2O2S. The van der Waals surface area contributed by atoms with Gasteiger partial charge in [0, 0.05) is 35.9 Å². The maximum Gasteiger partial charge on any atom is 0.248 e. The molecule has 1 saturated carbocycles. The Morgan fingerprint density at radius 2 is 2.19 bits per heavy atom. The number of aryl methyl sites for hydroxylation is 1. The van der Waals surface area contributed by atoms with Crippen LogP contribution in [0.15, 0.2) is 12.1 Å². The fourth-order valence-electron chi connectivity index (χ4n) is 3.48. The van der Waals surface area contributed by atoms with Crippen LogP contribution in [-0.2, 0) is 16.1 Å². The highest BCUT2D eigenvalue weighted by Gasteiger charge is 2.44. The molecule has 4 rings (SSSR count). The molecule has 4 nitrogen and oxygen atoms in total. The van der Waals surface area contributed by atoms with Crippen molar-refractivity contribution >= 4 is 17.2 Å². The lowest BCUT2D eigenvalue weighted by Crippen LogP contribution is -2.54. The van der Waals surface area contributed by atoms with E-state index in [2.05, 4.69) is 28.9 Å². The highest BCUT2D eigenvalue weighted by molar-refractivity contribution is 7.11. The third-order valence-electron chi connectivity index (χ3n) is 4.78. The second kappa shape index (κ2) is 5.38. The highest BCUT2D eigenvalue weighted by Crippen LogP contribution is 2.33. The Kier molecular flexibility index (Phi) is 3.52. The van der Waals surface area contributed by atoms with E-state index in [0.717, 1.165) is 32.1 Å². The maximum absolute atomic E-state index is 12.2. The van der Waals surface area contributed by atoms with E-state index in [4.69, 9.17) is 4.74 Å². The summed E-state index contributed by atoms with van der Waals surface area (Å²) in [7, 11) is 0. The van der Waals surface area contributed by atoms with Crippen LogP contribution < -0.4 is 0 Å². The minimum atomic E-state index is 0.192. The molecule has 1 aromatic rings. The fraction of sp³-hybridized carbons (Fsp3) is 0.688. The van der Waals surface area contributed by atoms with Gasteiger partial charge in [0.1, 0.15) is 6.61 Å². The van der Waals surface area contributed by atoms with Gasteiger partial charge in [-0.3, -0.25) is 9.69 Å². The zero-order valence-electron chi connectivity index (χ0n) is 12.5. The Hall–Kier alpha value is -0.910. The predicted molar refractivity (Wildman–Crippen MR) is 82.3 cm³/mol. The summed E-state index contributed by atoms with van der Waals surface area (Å²) in [5.74, 6) is 0.943. The number of thiophene rings is 1. The first-order chi connectivity index (χ1) is 10.2. The summed E-state index contributed by atoms with van der Waals surface area (Å²) < 4.78 is 5.79. The highest BCUT2D eigenvalue weighted by atomic mass is 32.1. The molecule has 0 unspecified atom stereocenters. The average Bonchev–Trinajstić information content (AvgIpc) is 3.04. The van der Waals surface area contributed by atoms with Gasteiger partial charge in [-0.1, -0.05) is 0 Å². The van der Waals surface area contributed by atoms with Gasteiger partial charge in [-0.05, 0) is 37.8 Å². The van der Waals surface area contributed by atoms with Gasteiger partial charge in [-0.25, -0.2) is 0 Å². The standard InChI is InChI=1S/C16H22N2O2S/c1-11-2-5-13(21-11)7-17-8-14-15(9-17)20-10-16(19)18(14)6-12-3-4-12/h2,5,12,14-15H,3-4,6-10H2,1H3/t14-,15-/m0/s1. The van der Waals surface area contributed by atoms with Crippen molar-refractivity contribution in [3.05, 3.63) is 21.9 Å². The monoisotopic (exact) mass is 306 g/mol. The lowest BCUT2D eigenvalue weighted by molar-refractivity contribution is -0.153. The second-order valence-electron chi connectivity index (χ2n) is 6.61. The van der Waals surface area contributed by atoms with Crippen LogP contribution in [0.1, 0.15) is 22.6 Å². The van der Waals surface area contributed by atoms with Crippen molar-refractivity contribution in [1.29, 1.82) is 0 Å². The van der Waals surface area contributed by atoms with Crippen LogP contribution in [0, 0.1) is 12.8 Å². The Balaban J connectivity index is 1.43. The Bertz CT molecular complexity index is 540. The van der Waals surface area contributed by atoms with Gasteiger partial charge >= 0.3 is 0 Å². The predicted octanol–water partition coefficient (Wildman–Crippen LogP) is 1.88. The van der Waals surface area contributed by atoms with Crippen molar-refractivity contribution in [2.75, 3.05) is 26.2 Å². The van der Waals surface area contributed by atoms with Crippen LogP contribution in [0.3, 0.4) is 0 Å². The van der Waals surface area contributed by atoms with Crippen LogP contribution in [-0.4, -0.2) is 54.1 Å². The Labute approximate surface area is 129 Å². The van der Waals surface area contributed by atoms with Gasteiger partial charge < -0.3 is 9.64 Å². The van der Waals surface area contributed by atoms with E-state index < -0.39 is 0 Å². The summed E-state index contributed by atoms with van der Waals surface area (Å²) in [6.45, 7) is 6.28. The molecule has 0 N–H and O–H groups in total. The number of likely N-dealkylation sites (tertiary alicyclic amines) is 1. The first-order valence-electron chi connectivity index (χ1n) is 7.88. The molecule has 5 heteroatoms. The molecule has 3 aliphatic rings. The number of hydrogen-bond donors (Lipinski definition) is 0. The number of hydrogen-bond acceptors (Lipinski definition) is 4. The Morgan fingerprint density at radius 3 is 2.90 bits per heavy atom. The summed E-state index contributed by atoms with van der Waals surface area (Å²) >= 11 is 1.87. The summed E-state index contributed by atoms with van der Waals surface area (Å²) in [5.41, 5.74) is 0. The molecule has 2 atom stereocenters. The molecule has 0 radical (unpaired) electrons. The van der Waals surface area contributed by atoms with Gasteiger partial charge in [0.05, 0.1) is 12.1 Å². The van der Waals surface area contributed by atoms with Crippen molar-refractivity contribution in [3.8, 4) is 0 Å². The number of amides is 1. The van der Waals surface area contributed by atoms with Gasteiger partial charge in [-0.2, -0.15) is 0 Å². The number of fused-ring (bicyclic) bond motifs is 1. The lowest BCUT2D eigenvalue weighted by Gasteiger charge is -2.36. The second-order valence-corrected chi connectivity index (χ2v) is 7.99. The number of carbonyl (C=O) groups is 1. The summed E-state index contributed by atoms with van der Waals surface area (Å²) in [6.07, 6.45) is 2.79. The summed E-state index contributed by atoms with van der Waals surface area (Å²) in [6, 6.07) is 4.67. The summed E-state index contributed by atoms with van der Waals surface area (Å²) in [5, 5.41) is 0. The number of morpholine rings is 1. The molecule has 0 aromatic carbocycles. The fourth-order valence-corrected chi connectivity index (χ4v) is 4.41. The summed E-state index contributed by atoms with van der Waals surface area (Å²) in [4.78, 5) is 19.5. The van der Waals surface area contributed by atoms with E-state index in [-0.39, 0.29) is 24.7 Å². The van der Waals surface area contributed by atoms with Crippen LogP contribution >= 0.6 is 11.3 Å². The number of ether oxygens (including phenoxy) is 1. The largest absolute Gasteiger partial charge is 0.365 e. The topological polar surface area (TPSA) is 32.8 Å². The van der Waals surface area contributed by atoms with Gasteiger partial charge in [0.2, 0.25) is 5.91 Å². The Morgan fingerprint density at radius 1 is 1.33 bits per heavy atom. The van der Waals surface area contributed by atoms with Gasteiger partial charge in [0.15, 0.2) is 0 Å². The molecule has 3 fully saturated rings. The molecule has 2 saturated heterocycles. The molecule has 0 spiro atoms. The van der Waals surface area contributed by atoms with Crippen molar-refractivity contribution in [2.45, 2.75) is 38.5 Å².